The Kier molecular flexibility index (Phi) is 6.40. The number of amides is 2. The van der Waals surface area contributed by atoms with Gasteiger partial charge in [-0.25, -0.2) is 0 Å². The van der Waals surface area contributed by atoms with E-state index in [0.29, 0.717) is 28.6 Å². The van der Waals surface area contributed by atoms with Crippen molar-refractivity contribution in [2.45, 2.75) is 25.6 Å². The summed E-state index contributed by atoms with van der Waals surface area (Å²) in [6.07, 6.45) is 0. The number of rotatable bonds is 7. The van der Waals surface area contributed by atoms with Crippen molar-refractivity contribution in [2.75, 3.05) is 19.1 Å². The molecule has 2 amide bonds. The van der Waals surface area contributed by atoms with Crippen molar-refractivity contribution in [3.8, 4) is 22.8 Å². The zero-order valence-corrected chi connectivity index (χ0v) is 21.0. The third-order valence-electron chi connectivity index (χ3n) is 6.67. The molecule has 0 spiro atoms. The summed E-state index contributed by atoms with van der Waals surface area (Å²) in [7, 11) is 3.18. The second kappa shape index (κ2) is 9.81. The van der Waals surface area contributed by atoms with Crippen molar-refractivity contribution < 1.29 is 19.1 Å². The highest BCUT2D eigenvalue weighted by molar-refractivity contribution is 6.12. The number of benzene rings is 3. The molecule has 4 aromatic rings. The molecule has 0 saturated heterocycles. The van der Waals surface area contributed by atoms with Gasteiger partial charge in [-0.05, 0) is 43.3 Å². The number of aromatic nitrogens is 2. The van der Waals surface area contributed by atoms with E-state index in [0.717, 1.165) is 11.1 Å². The molecule has 0 radical (unpaired) electrons. The molecule has 2 heterocycles. The fraction of sp³-hybridized carbons (Fsp3) is 0.207. The molecule has 1 atom stereocenters. The van der Waals surface area contributed by atoms with E-state index in [9.17, 15) is 9.59 Å². The standard InChI is InChI=1S/C29H28N4O4/c1-29(28(35)30-18-21-11-7-8-12-26(21)37-3)19-32-25(17-24(31-32)20-9-5-4-6-10-20)27(34)33(29)22-13-15-23(36-2)16-14-22/h4-17H,18-19H2,1-3H3,(H,30,35)/t29-/m1/s1. The zero-order chi connectivity index (χ0) is 26.0. The minimum absolute atomic E-state index is 0.185. The Labute approximate surface area is 215 Å². The first kappa shape index (κ1) is 24.1. The molecular weight excluding hydrogens is 468 g/mol. The lowest BCUT2D eigenvalue weighted by Crippen LogP contribution is -2.64. The molecule has 188 valence electrons. The topological polar surface area (TPSA) is 85.7 Å². The highest BCUT2D eigenvalue weighted by Crippen LogP contribution is 2.35. The molecule has 1 aliphatic rings. The van der Waals surface area contributed by atoms with Crippen LogP contribution in [0.25, 0.3) is 11.3 Å². The van der Waals surface area contributed by atoms with Crippen molar-refractivity contribution >= 4 is 17.5 Å². The van der Waals surface area contributed by atoms with Gasteiger partial charge in [0.1, 0.15) is 22.7 Å². The molecule has 0 fully saturated rings. The van der Waals surface area contributed by atoms with E-state index in [1.54, 1.807) is 61.1 Å². The maximum absolute atomic E-state index is 13.9. The van der Waals surface area contributed by atoms with E-state index in [1.807, 2.05) is 54.6 Å². The monoisotopic (exact) mass is 496 g/mol. The SMILES string of the molecule is COc1ccc(N2C(=O)c3cc(-c4ccccc4)nn3C[C@]2(C)C(=O)NCc2ccccc2OC)cc1. The van der Waals surface area contributed by atoms with Crippen molar-refractivity contribution in [3.63, 3.8) is 0 Å². The van der Waals surface area contributed by atoms with Crippen LogP contribution in [0.3, 0.4) is 0 Å². The van der Waals surface area contributed by atoms with Crippen LogP contribution in [0.4, 0.5) is 5.69 Å². The van der Waals surface area contributed by atoms with E-state index >= 15 is 0 Å². The molecular formula is C29H28N4O4. The van der Waals surface area contributed by atoms with Crippen molar-refractivity contribution in [3.05, 3.63) is 96.2 Å². The maximum Gasteiger partial charge on any atom is 0.277 e. The van der Waals surface area contributed by atoms with Crippen LogP contribution >= 0.6 is 0 Å². The number of ether oxygens (including phenoxy) is 2. The lowest BCUT2D eigenvalue weighted by atomic mass is 9.93. The third kappa shape index (κ3) is 4.42. The van der Waals surface area contributed by atoms with Gasteiger partial charge in [-0.2, -0.15) is 5.10 Å². The first-order valence-electron chi connectivity index (χ1n) is 12.0. The Morgan fingerprint density at radius 3 is 2.38 bits per heavy atom. The molecule has 1 aliphatic heterocycles. The molecule has 0 unspecified atom stereocenters. The zero-order valence-electron chi connectivity index (χ0n) is 21.0. The van der Waals surface area contributed by atoms with Crippen LogP contribution < -0.4 is 19.7 Å². The fourth-order valence-corrected chi connectivity index (χ4v) is 4.68. The summed E-state index contributed by atoms with van der Waals surface area (Å²) in [5.41, 5.74) is 2.18. The van der Waals surface area contributed by atoms with Gasteiger partial charge in [0.05, 0.1) is 26.5 Å². The molecule has 3 aromatic carbocycles. The number of hydrogen-bond donors (Lipinski definition) is 1. The number of fused-ring (bicyclic) bond motifs is 1. The van der Waals surface area contributed by atoms with E-state index in [4.69, 9.17) is 14.6 Å². The number of para-hydroxylation sites is 1. The van der Waals surface area contributed by atoms with Gasteiger partial charge in [-0.3, -0.25) is 19.2 Å². The minimum atomic E-state index is -1.25. The van der Waals surface area contributed by atoms with Gasteiger partial charge in [0.25, 0.3) is 5.91 Å². The fourth-order valence-electron chi connectivity index (χ4n) is 4.68. The molecule has 0 saturated carbocycles. The number of anilines is 1. The van der Waals surface area contributed by atoms with Gasteiger partial charge in [0.2, 0.25) is 5.91 Å². The number of methoxy groups -OCH3 is 2. The molecule has 1 N–H and O–H groups in total. The summed E-state index contributed by atoms with van der Waals surface area (Å²) in [4.78, 5) is 29.3. The average molecular weight is 497 g/mol. The summed E-state index contributed by atoms with van der Waals surface area (Å²) in [5.74, 6) is 0.736. The quantitative estimate of drug-likeness (QED) is 0.412. The molecule has 0 bridgehead atoms. The Morgan fingerprint density at radius 1 is 0.973 bits per heavy atom. The second-order valence-electron chi connectivity index (χ2n) is 9.05. The van der Waals surface area contributed by atoms with Gasteiger partial charge in [-0.15, -0.1) is 0 Å². The van der Waals surface area contributed by atoms with Crippen LogP contribution in [-0.2, 0) is 17.9 Å². The van der Waals surface area contributed by atoms with E-state index in [2.05, 4.69) is 5.32 Å². The second-order valence-corrected chi connectivity index (χ2v) is 9.05. The third-order valence-corrected chi connectivity index (χ3v) is 6.67. The van der Waals surface area contributed by atoms with Crippen LogP contribution in [0.2, 0.25) is 0 Å². The number of carbonyl (C=O) groups excluding carboxylic acids is 2. The van der Waals surface area contributed by atoms with Gasteiger partial charge in [0, 0.05) is 23.4 Å². The highest BCUT2D eigenvalue weighted by Gasteiger charge is 2.48. The summed E-state index contributed by atoms with van der Waals surface area (Å²) < 4.78 is 12.4. The normalized spacial score (nSPS) is 16.7. The Balaban J connectivity index is 1.53. The van der Waals surface area contributed by atoms with Gasteiger partial charge in [-0.1, -0.05) is 48.5 Å². The van der Waals surface area contributed by atoms with Gasteiger partial charge < -0.3 is 14.8 Å². The number of nitrogens with zero attached hydrogens (tertiary/aromatic N) is 3. The summed E-state index contributed by atoms with van der Waals surface area (Å²) >= 11 is 0. The molecule has 8 heteroatoms. The Bertz CT molecular complexity index is 1430. The highest BCUT2D eigenvalue weighted by atomic mass is 16.5. The number of hydrogen-bond acceptors (Lipinski definition) is 5. The summed E-state index contributed by atoms with van der Waals surface area (Å²) in [6.45, 7) is 2.20. The van der Waals surface area contributed by atoms with Crippen molar-refractivity contribution in [2.24, 2.45) is 0 Å². The Hall–Kier alpha value is -4.59. The minimum Gasteiger partial charge on any atom is -0.497 e. The van der Waals surface area contributed by atoms with Crippen LogP contribution in [0, 0.1) is 0 Å². The van der Waals surface area contributed by atoms with Crippen LogP contribution in [-0.4, -0.2) is 41.4 Å². The van der Waals surface area contributed by atoms with E-state index < -0.39 is 5.54 Å². The largest absolute Gasteiger partial charge is 0.497 e. The summed E-state index contributed by atoms with van der Waals surface area (Å²) in [6, 6.07) is 26.1. The molecule has 0 aliphatic carbocycles. The van der Waals surface area contributed by atoms with Crippen LogP contribution in [0.15, 0.2) is 84.9 Å². The van der Waals surface area contributed by atoms with Crippen LogP contribution in [0.5, 0.6) is 11.5 Å². The van der Waals surface area contributed by atoms with Crippen molar-refractivity contribution in [1.82, 2.24) is 15.1 Å². The van der Waals surface area contributed by atoms with E-state index in [1.165, 1.54) is 0 Å². The van der Waals surface area contributed by atoms with Gasteiger partial charge >= 0.3 is 0 Å². The Morgan fingerprint density at radius 2 is 1.68 bits per heavy atom. The smallest absolute Gasteiger partial charge is 0.277 e. The predicted molar refractivity (Wildman–Crippen MR) is 141 cm³/mol. The predicted octanol–water partition coefficient (Wildman–Crippen LogP) is 4.30. The van der Waals surface area contributed by atoms with E-state index in [-0.39, 0.29) is 24.9 Å². The molecule has 5 rings (SSSR count). The molecule has 37 heavy (non-hydrogen) atoms. The lowest BCUT2D eigenvalue weighted by Gasteiger charge is -2.43. The average Bonchev–Trinajstić information content (AvgIpc) is 3.36. The van der Waals surface area contributed by atoms with Gasteiger partial charge in [0.15, 0.2) is 0 Å². The molecule has 1 aromatic heterocycles. The number of nitrogens with one attached hydrogen (secondary N) is 1. The molecule has 8 nitrogen and oxygen atoms in total. The first-order valence-corrected chi connectivity index (χ1v) is 12.0. The van der Waals surface area contributed by atoms with Crippen LogP contribution in [0.1, 0.15) is 23.0 Å². The van der Waals surface area contributed by atoms with Crippen molar-refractivity contribution in [1.29, 1.82) is 0 Å². The lowest BCUT2D eigenvalue weighted by molar-refractivity contribution is -0.126. The first-order chi connectivity index (χ1) is 17.9. The summed E-state index contributed by atoms with van der Waals surface area (Å²) in [5, 5.41) is 7.72. The number of carbonyl (C=O) groups is 2. The maximum atomic E-state index is 13.9.